The van der Waals surface area contributed by atoms with Crippen molar-refractivity contribution in [3.05, 3.63) is 33.0 Å². The molecule has 0 aliphatic carbocycles. The van der Waals surface area contributed by atoms with Gasteiger partial charge in [-0.3, -0.25) is 4.79 Å². The quantitative estimate of drug-likeness (QED) is 0.885. The highest BCUT2D eigenvalue weighted by Crippen LogP contribution is 2.42. The molecular weight excluding hydrogens is 272 g/mol. The molecule has 92 valence electrons. The largest absolute Gasteiger partial charge is 0.476 e. The second-order valence-electron chi connectivity index (χ2n) is 3.90. The Labute approximate surface area is 110 Å². The Kier molecular flexibility index (Phi) is 2.64. The predicted molar refractivity (Wildman–Crippen MR) is 68.5 cm³/mol. The van der Waals surface area contributed by atoms with Crippen LogP contribution in [0.5, 0.6) is 0 Å². The van der Waals surface area contributed by atoms with E-state index in [2.05, 4.69) is 9.69 Å². The number of nitrogens with one attached hydrogen (secondary N) is 1. The van der Waals surface area contributed by atoms with Crippen molar-refractivity contribution in [3.8, 4) is 0 Å². The van der Waals surface area contributed by atoms with Gasteiger partial charge in [-0.1, -0.05) is 6.07 Å². The second-order valence-corrected chi connectivity index (χ2v) is 5.68. The lowest BCUT2D eigenvalue weighted by molar-refractivity contribution is -0.116. The summed E-state index contributed by atoms with van der Waals surface area (Å²) in [6.07, 6.45) is 0.342. The summed E-state index contributed by atoms with van der Waals surface area (Å²) in [6.45, 7) is 0. The summed E-state index contributed by atoms with van der Waals surface area (Å²) in [7, 11) is 0. The van der Waals surface area contributed by atoms with Crippen LogP contribution in [0.3, 0.4) is 0 Å². The van der Waals surface area contributed by atoms with Gasteiger partial charge in [0.1, 0.15) is 0 Å². The van der Waals surface area contributed by atoms with Gasteiger partial charge >= 0.3 is 5.97 Å². The maximum absolute atomic E-state index is 11.7. The molecule has 3 heterocycles. The molecule has 0 fully saturated rings. The van der Waals surface area contributed by atoms with Crippen LogP contribution in [0, 0.1) is 0 Å². The first-order valence-electron chi connectivity index (χ1n) is 5.23. The molecule has 1 aliphatic rings. The number of aromatic carboxylic acids is 1. The van der Waals surface area contributed by atoms with Gasteiger partial charge in [-0.2, -0.15) is 4.37 Å². The third kappa shape index (κ3) is 1.72. The Morgan fingerprint density at radius 2 is 2.39 bits per heavy atom. The van der Waals surface area contributed by atoms with Gasteiger partial charge in [-0.25, -0.2) is 4.79 Å². The molecule has 1 aliphatic heterocycles. The minimum absolute atomic E-state index is 0.0652. The van der Waals surface area contributed by atoms with Crippen LogP contribution in [0.1, 0.15) is 32.6 Å². The van der Waals surface area contributed by atoms with Gasteiger partial charge in [-0.15, -0.1) is 11.3 Å². The molecular formula is C11H8N2O3S2. The number of thiophene rings is 1. The minimum atomic E-state index is -1.11. The molecule has 18 heavy (non-hydrogen) atoms. The Hall–Kier alpha value is -1.73. The number of carboxylic acids is 1. The lowest BCUT2D eigenvalue weighted by atomic mass is 9.96. The van der Waals surface area contributed by atoms with Crippen molar-refractivity contribution in [1.82, 2.24) is 4.37 Å². The first-order chi connectivity index (χ1) is 8.66. The van der Waals surface area contributed by atoms with Crippen LogP contribution in [0.2, 0.25) is 0 Å². The van der Waals surface area contributed by atoms with Gasteiger partial charge in [0.2, 0.25) is 5.91 Å². The van der Waals surface area contributed by atoms with E-state index < -0.39 is 5.97 Å². The summed E-state index contributed by atoms with van der Waals surface area (Å²) >= 11 is 2.71. The molecule has 0 aromatic carbocycles. The number of hydrogen-bond acceptors (Lipinski definition) is 5. The van der Waals surface area contributed by atoms with Crippen LogP contribution in [-0.2, 0) is 4.79 Å². The minimum Gasteiger partial charge on any atom is -0.476 e. The number of carbonyl (C=O) groups excluding carboxylic acids is 1. The van der Waals surface area contributed by atoms with Crippen molar-refractivity contribution in [1.29, 1.82) is 0 Å². The molecule has 0 spiro atoms. The summed E-state index contributed by atoms with van der Waals surface area (Å²) in [5, 5.41) is 13.6. The lowest BCUT2D eigenvalue weighted by Crippen LogP contribution is -2.23. The van der Waals surface area contributed by atoms with Crippen molar-refractivity contribution in [2.75, 3.05) is 5.32 Å². The zero-order chi connectivity index (χ0) is 12.7. The van der Waals surface area contributed by atoms with Crippen molar-refractivity contribution >= 4 is 40.4 Å². The standard InChI is InChI=1S/C11H8N2O3S2/c14-7-4-5(6-2-1-3-17-6)10-8(12-7)9(11(15)16)13-18-10/h1-3,5H,4H2,(H,12,14)(H,15,16)/t5-/m0/s1. The van der Waals surface area contributed by atoms with E-state index in [4.69, 9.17) is 5.11 Å². The first kappa shape index (κ1) is 11.4. The number of carboxylic acid groups (broad SMARTS) is 1. The number of aromatic nitrogens is 1. The van der Waals surface area contributed by atoms with Gasteiger partial charge in [0, 0.05) is 17.2 Å². The molecule has 0 unspecified atom stereocenters. The van der Waals surface area contributed by atoms with E-state index in [1.54, 1.807) is 11.3 Å². The van der Waals surface area contributed by atoms with E-state index in [9.17, 15) is 9.59 Å². The van der Waals surface area contributed by atoms with E-state index in [0.717, 1.165) is 21.3 Å². The zero-order valence-corrected chi connectivity index (χ0v) is 10.7. The summed E-state index contributed by atoms with van der Waals surface area (Å²) in [5.74, 6) is -1.34. The molecule has 1 atom stereocenters. The predicted octanol–water partition coefficient (Wildman–Crippen LogP) is 2.38. The highest BCUT2D eigenvalue weighted by Gasteiger charge is 2.33. The van der Waals surface area contributed by atoms with Crippen LogP contribution in [-0.4, -0.2) is 21.4 Å². The number of hydrogen-bond donors (Lipinski definition) is 2. The normalized spacial score (nSPS) is 18.2. The fourth-order valence-corrected chi connectivity index (χ4v) is 3.84. The second kappa shape index (κ2) is 4.18. The van der Waals surface area contributed by atoms with Crippen molar-refractivity contribution in [3.63, 3.8) is 0 Å². The zero-order valence-electron chi connectivity index (χ0n) is 9.04. The van der Waals surface area contributed by atoms with Crippen LogP contribution < -0.4 is 5.32 Å². The van der Waals surface area contributed by atoms with Gasteiger partial charge in [0.25, 0.3) is 0 Å². The van der Waals surface area contributed by atoms with Crippen LogP contribution in [0.25, 0.3) is 0 Å². The number of rotatable bonds is 2. The summed E-state index contributed by atoms with van der Waals surface area (Å²) in [5.41, 5.74) is 0.298. The maximum atomic E-state index is 11.7. The lowest BCUT2D eigenvalue weighted by Gasteiger charge is -2.20. The first-order valence-corrected chi connectivity index (χ1v) is 6.88. The van der Waals surface area contributed by atoms with Gasteiger partial charge in [-0.05, 0) is 23.0 Å². The number of anilines is 1. The number of nitrogens with zero attached hydrogens (tertiary/aromatic N) is 1. The summed E-state index contributed by atoms with van der Waals surface area (Å²) in [4.78, 5) is 24.6. The molecule has 7 heteroatoms. The van der Waals surface area contributed by atoms with Gasteiger partial charge in [0.05, 0.1) is 10.6 Å². The maximum Gasteiger partial charge on any atom is 0.357 e. The molecule has 5 nitrogen and oxygen atoms in total. The summed E-state index contributed by atoms with van der Waals surface area (Å²) in [6, 6.07) is 3.88. The Morgan fingerprint density at radius 3 is 3.06 bits per heavy atom. The topological polar surface area (TPSA) is 79.3 Å². The van der Waals surface area contributed by atoms with E-state index >= 15 is 0 Å². The Morgan fingerprint density at radius 1 is 1.56 bits per heavy atom. The number of fused-ring (bicyclic) bond motifs is 1. The van der Waals surface area contributed by atoms with Crippen LogP contribution in [0.4, 0.5) is 5.69 Å². The third-order valence-electron chi connectivity index (χ3n) is 2.78. The highest BCUT2D eigenvalue weighted by atomic mass is 32.1. The molecule has 0 bridgehead atoms. The summed E-state index contributed by atoms with van der Waals surface area (Å²) < 4.78 is 3.92. The third-order valence-corrected chi connectivity index (χ3v) is 4.72. The van der Waals surface area contributed by atoms with Crippen molar-refractivity contribution in [2.24, 2.45) is 0 Å². The Bertz CT molecular complexity index is 618. The molecule has 3 rings (SSSR count). The smallest absolute Gasteiger partial charge is 0.357 e. The van der Waals surface area contributed by atoms with Crippen molar-refractivity contribution in [2.45, 2.75) is 12.3 Å². The average Bonchev–Trinajstić information content (AvgIpc) is 2.96. The van der Waals surface area contributed by atoms with Gasteiger partial charge < -0.3 is 10.4 Å². The fraction of sp³-hybridized carbons (Fsp3) is 0.182. The monoisotopic (exact) mass is 280 g/mol. The average molecular weight is 280 g/mol. The molecule has 0 radical (unpaired) electrons. The van der Waals surface area contributed by atoms with E-state index in [1.807, 2.05) is 17.5 Å². The Balaban J connectivity index is 2.12. The molecule has 2 aromatic heterocycles. The molecule has 1 amide bonds. The van der Waals surface area contributed by atoms with Crippen LogP contribution >= 0.6 is 22.9 Å². The SMILES string of the molecule is O=C1C[C@@H](c2cccs2)c2snc(C(=O)O)c2N1. The molecule has 0 saturated carbocycles. The molecule has 0 saturated heterocycles. The highest BCUT2D eigenvalue weighted by molar-refractivity contribution is 7.10. The fourth-order valence-electron chi connectivity index (χ4n) is 2.00. The van der Waals surface area contributed by atoms with Crippen molar-refractivity contribution < 1.29 is 14.7 Å². The molecule has 2 N–H and O–H groups in total. The van der Waals surface area contributed by atoms with E-state index in [0.29, 0.717) is 12.1 Å². The number of amides is 1. The van der Waals surface area contributed by atoms with Gasteiger partial charge in [0.15, 0.2) is 5.69 Å². The van der Waals surface area contributed by atoms with Crippen LogP contribution in [0.15, 0.2) is 17.5 Å². The van der Waals surface area contributed by atoms with E-state index in [1.165, 1.54) is 0 Å². The van der Waals surface area contributed by atoms with E-state index in [-0.39, 0.29) is 17.5 Å². The number of carbonyl (C=O) groups is 2. The molecule has 2 aromatic rings.